The first-order chi connectivity index (χ1) is 17.1. The first kappa shape index (κ1) is 27.3. The molecule has 0 aliphatic carbocycles. The molecule has 2 amide bonds. The summed E-state index contributed by atoms with van der Waals surface area (Å²) in [6.07, 6.45) is 1.16. The van der Waals surface area contributed by atoms with Crippen molar-refractivity contribution in [2.24, 2.45) is 0 Å². The molecule has 10 heteroatoms. The summed E-state index contributed by atoms with van der Waals surface area (Å²) in [6.45, 7) is -0.790. The van der Waals surface area contributed by atoms with E-state index in [4.69, 9.17) is 0 Å². The first-order valence-corrected chi connectivity index (χ1v) is 13.8. The van der Waals surface area contributed by atoms with Crippen LogP contribution in [0.15, 0.2) is 83.3 Å². The normalized spacial score (nSPS) is 12.0. The van der Waals surface area contributed by atoms with Gasteiger partial charge in [0.1, 0.15) is 18.4 Å². The predicted molar refractivity (Wildman–Crippen MR) is 141 cm³/mol. The Balaban J connectivity index is 2.05. The predicted octanol–water partition coefficient (Wildman–Crippen LogP) is 3.74. The third-order valence-electron chi connectivity index (χ3n) is 5.62. The minimum atomic E-state index is -3.88. The number of para-hydroxylation sites is 1. The number of carbonyl (C=O) groups is 2. The lowest BCUT2D eigenvalue weighted by molar-refractivity contribution is -0.139. The van der Waals surface area contributed by atoms with Gasteiger partial charge < -0.3 is 10.2 Å². The average Bonchev–Trinajstić information content (AvgIpc) is 2.85. The van der Waals surface area contributed by atoms with Crippen LogP contribution in [0.1, 0.15) is 11.1 Å². The van der Waals surface area contributed by atoms with Crippen LogP contribution >= 0.6 is 15.9 Å². The van der Waals surface area contributed by atoms with Crippen LogP contribution in [-0.4, -0.2) is 51.0 Å². The van der Waals surface area contributed by atoms with Crippen molar-refractivity contribution < 1.29 is 22.4 Å². The third-order valence-corrected chi connectivity index (χ3v) is 7.41. The lowest BCUT2D eigenvalue weighted by atomic mass is 10.0. The van der Waals surface area contributed by atoms with E-state index in [0.29, 0.717) is 4.47 Å². The highest BCUT2D eigenvalue weighted by molar-refractivity contribution is 9.10. The molecule has 0 saturated carbocycles. The van der Waals surface area contributed by atoms with E-state index in [1.165, 1.54) is 30.1 Å². The van der Waals surface area contributed by atoms with E-state index in [-0.39, 0.29) is 24.2 Å². The molecule has 1 atom stereocenters. The van der Waals surface area contributed by atoms with Crippen LogP contribution in [-0.2, 0) is 32.6 Å². The van der Waals surface area contributed by atoms with Gasteiger partial charge in [0, 0.05) is 30.0 Å². The Kier molecular flexibility index (Phi) is 9.22. The molecule has 0 aliphatic heterocycles. The highest BCUT2D eigenvalue weighted by atomic mass is 79.9. The second-order valence-corrected chi connectivity index (χ2v) is 10.9. The van der Waals surface area contributed by atoms with Gasteiger partial charge in [0.2, 0.25) is 21.8 Å². The van der Waals surface area contributed by atoms with Crippen molar-refractivity contribution in [1.82, 2.24) is 10.2 Å². The van der Waals surface area contributed by atoms with Crippen LogP contribution in [0.5, 0.6) is 0 Å². The number of likely N-dealkylation sites (N-methyl/N-ethyl adjacent to an activating group) is 1. The molecule has 0 aromatic heterocycles. The molecule has 0 saturated heterocycles. The van der Waals surface area contributed by atoms with E-state index in [0.717, 1.165) is 16.1 Å². The van der Waals surface area contributed by atoms with E-state index in [1.54, 1.807) is 30.3 Å². The van der Waals surface area contributed by atoms with Crippen molar-refractivity contribution in [3.8, 4) is 0 Å². The quantitative estimate of drug-likeness (QED) is 0.399. The molecule has 7 nitrogen and oxygen atoms in total. The van der Waals surface area contributed by atoms with Gasteiger partial charge in [-0.15, -0.1) is 0 Å². The lowest BCUT2D eigenvalue weighted by Gasteiger charge is -2.33. The fraction of sp³-hybridized carbons (Fsp3) is 0.231. The minimum absolute atomic E-state index is 0.161. The maximum Gasteiger partial charge on any atom is 0.244 e. The second kappa shape index (κ2) is 12.1. The number of nitrogens with zero attached hydrogens (tertiary/aromatic N) is 2. The molecule has 0 fully saturated rings. The summed E-state index contributed by atoms with van der Waals surface area (Å²) in [7, 11) is -2.42. The number of anilines is 1. The minimum Gasteiger partial charge on any atom is -0.357 e. The second-order valence-electron chi connectivity index (χ2n) is 8.15. The Hall–Kier alpha value is -3.24. The van der Waals surface area contributed by atoms with Gasteiger partial charge in [-0.25, -0.2) is 12.8 Å². The smallest absolute Gasteiger partial charge is 0.244 e. The van der Waals surface area contributed by atoms with E-state index in [2.05, 4.69) is 21.2 Å². The van der Waals surface area contributed by atoms with E-state index < -0.39 is 40.2 Å². The fourth-order valence-electron chi connectivity index (χ4n) is 3.78. The van der Waals surface area contributed by atoms with Crippen LogP contribution in [0, 0.1) is 5.82 Å². The summed E-state index contributed by atoms with van der Waals surface area (Å²) in [5, 5.41) is 2.58. The van der Waals surface area contributed by atoms with E-state index >= 15 is 0 Å². The monoisotopic (exact) mass is 575 g/mol. The number of benzene rings is 3. The van der Waals surface area contributed by atoms with Crippen molar-refractivity contribution in [3.63, 3.8) is 0 Å². The molecule has 0 heterocycles. The molecule has 0 aliphatic rings. The zero-order chi connectivity index (χ0) is 26.3. The van der Waals surface area contributed by atoms with E-state index in [1.807, 2.05) is 30.3 Å². The summed E-state index contributed by atoms with van der Waals surface area (Å²) in [5.74, 6) is -1.63. The molecule has 0 radical (unpaired) electrons. The highest BCUT2D eigenvalue weighted by Gasteiger charge is 2.33. The van der Waals surface area contributed by atoms with Crippen molar-refractivity contribution in [2.75, 3.05) is 24.2 Å². The van der Waals surface area contributed by atoms with Crippen molar-refractivity contribution in [2.45, 2.75) is 19.0 Å². The number of amides is 2. The van der Waals surface area contributed by atoms with Gasteiger partial charge in [0.05, 0.1) is 11.9 Å². The summed E-state index contributed by atoms with van der Waals surface area (Å²) in [6, 6.07) is 20.7. The van der Waals surface area contributed by atoms with Gasteiger partial charge in [0.15, 0.2) is 0 Å². The Labute approximate surface area is 219 Å². The Bertz CT molecular complexity index is 1320. The molecule has 3 aromatic rings. The molecule has 1 N–H and O–H groups in total. The number of carbonyl (C=O) groups excluding carboxylic acids is 2. The topological polar surface area (TPSA) is 86.8 Å². The molecule has 3 rings (SSSR count). The maximum absolute atomic E-state index is 14.6. The summed E-state index contributed by atoms with van der Waals surface area (Å²) < 4.78 is 41.5. The number of nitrogens with one attached hydrogen (secondary N) is 1. The largest absolute Gasteiger partial charge is 0.357 e. The van der Waals surface area contributed by atoms with Gasteiger partial charge in [0.25, 0.3) is 0 Å². The van der Waals surface area contributed by atoms with Gasteiger partial charge in [-0.3, -0.25) is 13.9 Å². The van der Waals surface area contributed by atoms with Crippen molar-refractivity contribution >= 4 is 43.5 Å². The summed E-state index contributed by atoms with van der Waals surface area (Å²) in [5.41, 5.74) is 1.28. The van der Waals surface area contributed by atoms with Crippen LogP contribution in [0.25, 0.3) is 0 Å². The molecular formula is C26H27BrFN3O4S. The van der Waals surface area contributed by atoms with E-state index in [9.17, 15) is 22.4 Å². The molecular weight excluding hydrogens is 549 g/mol. The van der Waals surface area contributed by atoms with Gasteiger partial charge >= 0.3 is 0 Å². The number of hydrogen-bond donors (Lipinski definition) is 1. The third kappa shape index (κ3) is 6.92. The van der Waals surface area contributed by atoms with Crippen molar-refractivity contribution in [3.05, 3.63) is 100 Å². The SMILES string of the molecule is CNC(=O)C(Cc1ccccc1)N(Cc1ccccc1F)C(=O)CN(c1ccccc1Br)S(C)(=O)=O. The molecule has 0 spiro atoms. The van der Waals surface area contributed by atoms with Crippen LogP contribution < -0.4 is 9.62 Å². The highest BCUT2D eigenvalue weighted by Crippen LogP contribution is 2.28. The number of rotatable bonds is 10. The van der Waals surface area contributed by atoms with Gasteiger partial charge in [-0.2, -0.15) is 0 Å². The Morgan fingerprint density at radius 3 is 2.19 bits per heavy atom. The standard InChI is InChI=1S/C26H27BrFN3O4S/c1-29-26(33)24(16-19-10-4-3-5-11-19)30(17-20-12-6-8-14-22(20)28)25(32)18-31(36(2,34)35)23-15-9-7-13-21(23)27/h3-15,24H,16-18H2,1-2H3,(H,29,33). The number of hydrogen-bond acceptors (Lipinski definition) is 4. The summed E-state index contributed by atoms with van der Waals surface area (Å²) >= 11 is 3.34. The zero-order valence-electron chi connectivity index (χ0n) is 19.9. The fourth-order valence-corrected chi connectivity index (χ4v) is 5.26. The molecule has 190 valence electrons. The molecule has 3 aromatic carbocycles. The molecule has 36 heavy (non-hydrogen) atoms. The molecule has 0 bridgehead atoms. The summed E-state index contributed by atoms with van der Waals surface area (Å²) in [4.78, 5) is 28.0. The van der Waals surface area contributed by atoms with Gasteiger partial charge in [-0.1, -0.05) is 60.7 Å². The average molecular weight is 576 g/mol. The zero-order valence-corrected chi connectivity index (χ0v) is 22.3. The maximum atomic E-state index is 14.6. The van der Waals surface area contributed by atoms with Crippen LogP contribution in [0.4, 0.5) is 10.1 Å². The van der Waals surface area contributed by atoms with Crippen molar-refractivity contribution in [1.29, 1.82) is 0 Å². The Morgan fingerprint density at radius 2 is 1.58 bits per heavy atom. The molecule has 1 unspecified atom stereocenters. The number of halogens is 2. The first-order valence-electron chi connectivity index (χ1n) is 11.1. The lowest BCUT2D eigenvalue weighted by Crippen LogP contribution is -2.53. The van der Waals surface area contributed by atoms with Crippen LogP contribution in [0.2, 0.25) is 0 Å². The van der Waals surface area contributed by atoms with Crippen LogP contribution in [0.3, 0.4) is 0 Å². The Morgan fingerprint density at radius 1 is 0.972 bits per heavy atom. The number of sulfonamides is 1. The van der Waals surface area contributed by atoms with Gasteiger partial charge in [-0.05, 0) is 39.7 Å².